The number of rotatable bonds is 13. The van der Waals surface area contributed by atoms with E-state index in [-0.39, 0.29) is 6.42 Å². The fourth-order valence-electron chi connectivity index (χ4n) is 3.39. The number of carbonyl (C=O) groups is 5. The second-order valence-corrected chi connectivity index (χ2v) is 8.14. The number of fused-ring (bicyclic) bond motifs is 1. The van der Waals surface area contributed by atoms with E-state index in [0.29, 0.717) is 5.56 Å². The molecule has 0 saturated carbocycles. The first-order valence-electron chi connectivity index (χ1n) is 10.9. The van der Waals surface area contributed by atoms with E-state index in [9.17, 15) is 34.2 Å². The number of benzene rings is 1. The number of hydrogen-bond acceptors (Lipinski definition) is 8. The highest BCUT2D eigenvalue weighted by Gasteiger charge is 2.33. The first-order chi connectivity index (χ1) is 16.9. The highest BCUT2D eigenvalue weighted by Crippen LogP contribution is 2.19. The van der Waals surface area contributed by atoms with E-state index in [1.807, 2.05) is 0 Å². The first kappa shape index (κ1) is 28.2. The van der Waals surface area contributed by atoms with Gasteiger partial charge in [0, 0.05) is 23.5 Å². The Morgan fingerprint density at radius 3 is 2.19 bits per heavy atom. The first-order valence-corrected chi connectivity index (χ1v) is 10.9. The van der Waals surface area contributed by atoms with Gasteiger partial charge in [-0.15, -0.1) is 0 Å². The van der Waals surface area contributed by atoms with E-state index in [4.69, 9.17) is 15.9 Å². The normalized spacial score (nSPS) is 15.2. The van der Waals surface area contributed by atoms with Crippen LogP contribution in [0.1, 0.15) is 18.9 Å². The van der Waals surface area contributed by atoms with Gasteiger partial charge in [-0.2, -0.15) is 0 Å². The van der Waals surface area contributed by atoms with Gasteiger partial charge in [-0.3, -0.25) is 19.2 Å². The largest absolute Gasteiger partial charge is 0.481 e. The number of hydrogen-bond donors (Lipinski definition) is 9. The summed E-state index contributed by atoms with van der Waals surface area (Å²) in [6.07, 6.45) is -0.884. The van der Waals surface area contributed by atoms with Gasteiger partial charge in [0.1, 0.15) is 24.2 Å². The molecule has 0 aliphatic carbocycles. The molecule has 0 bridgehead atoms. The maximum absolute atomic E-state index is 13.0. The number of aliphatic hydroxyl groups excluding tert-OH is 2. The Bertz CT molecular complexity index is 1120. The van der Waals surface area contributed by atoms with Crippen molar-refractivity contribution >= 4 is 40.6 Å². The summed E-state index contributed by atoms with van der Waals surface area (Å²) in [5, 5.41) is 44.7. The third kappa shape index (κ3) is 7.49. The van der Waals surface area contributed by atoms with Crippen LogP contribution in [0.5, 0.6) is 0 Å². The maximum atomic E-state index is 13.0. The van der Waals surface area contributed by atoms with E-state index in [2.05, 4.69) is 20.9 Å². The lowest BCUT2D eigenvalue weighted by atomic mass is 10.0. The highest BCUT2D eigenvalue weighted by molar-refractivity contribution is 5.95. The Balaban J connectivity index is 2.33. The number of para-hydroxylation sites is 1. The van der Waals surface area contributed by atoms with Crippen molar-refractivity contribution < 1.29 is 44.4 Å². The van der Waals surface area contributed by atoms with Crippen molar-refractivity contribution in [2.24, 2.45) is 5.73 Å². The molecule has 1 aromatic carbocycles. The summed E-state index contributed by atoms with van der Waals surface area (Å²) in [4.78, 5) is 63.5. The third-order valence-corrected chi connectivity index (χ3v) is 5.32. The molecule has 0 fully saturated rings. The molecule has 5 atom stereocenters. The second kappa shape index (κ2) is 12.6. The number of carboxylic acid groups (broad SMARTS) is 2. The maximum Gasteiger partial charge on any atom is 0.326 e. The van der Waals surface area contributed by atoms with Gasteiger partial charge in [0.05, 0.1) is 19.1 Å². The molecule has 0 spiro atoms. The molecule has 36 heavy (non-hydrogen) atoms. The van der Waals surface area contributed by atoms with Gasteiger partial charge in [0.25, 0.3) is 0 Å². The van der Waals surface area contributed by atoms with Crippen LogP contribution in [0.25, 0.3) is 10.9 Å². The molecule has 10 N–H and O–H groups in total. The van der Waals surface area contributed by atoms with E-state index in [1.165, 1.54) is 6.92 Å². The predicted octanol–water partition coefficient (Wildman–Crippen LogP) is -2.58. The molecule has 2 aromatic rings. The summed E-state index contributed by atoms with van der Waals surface area (Å²) in [6.45, 7) is 0.489. The van der Waals surface area contributed by atoms with Crippen LogP contribution >= 0.6 is 0 Å². The number of aliphatic hydroxyl groups is 2. The zero-order chi connectivity index (χ0) is 27.0. The molecule has 14 nitrogen and oxygen atoms in total. The lowest BCUT2D eigenvalue weighted by molar-refractivity contribution is -0.147. The Morgan fingerprint density at radius 1 is 0.972 bits per heavy atom. The lowest BCUT2D eigenvalue weighted by Gasteiger charge is -2.26. The zero-order valence-electron chi connectivity index (χ0n) is 19.3. The molecule has 0 aliphatic heterocycles. The van der Waals surface area contributed by atoms with Crippen molar-refractivity contribution in [1.29, 1.82) is 0 Å². The number of H-pyrrole nitrogens is 1. The van der Waals surface area contributed by atoms with Gasteiger partial charge in [-0.25, -0.2) is 4.79 Å². The Hall–Kier alpha value is -4.01. The third-order valence-electron chi connectivity index (χ3n) is 5.32. The molecule has 0 saturated heterocycles. The topological polar surface area (TPSA) is 244 Å². The van der Waals surface area contributed by atoms with Crippen molar-refractivity contribution in [3.05, 3.63) is 36.0 Å². The number of nitrogens with two attached hydrogens (primary N) is 1. The Labute approximate surface area is 204 Å². The number of carboxylic acids is 2. The van der Waals surface area contributed by atoms with Crippen LogP contribution in [-0.4, -0.2) is 91.9 Å². The van der Waals surface area contributed by atoms with Crippen LogP contribution in [0.4, 0.5) is 0 Å². The van der Waals surface area contributed by atoms with E-state index < -0.39 is 73.0 Å². The highest BCUT2D eigenvalue weighted by atomic mass is 16.4. The van der Waals surface area contributed by atoms with Crippen molar-refractivity contribution in [2.75, 3.05) is 6.61 Å². The number of nitrogens with one attached hydrogen (secondary N) is 4. The van der Waals surface area contributed by atoms with Crippen molar-refractivity contribution in [1.82, 2.24) is 20.9 Å². The van der Waals surface area contributed by atoms with Crippen LogP contribution in [0.2, 0.25) is 0 Å². The fourth-order valence-corrected chi connectivity index (χ4v) is 3.39. The molecule has 0 aliphatic rings. The average molecular weight is 508 g/mol. The van der Waals surface area contributed by atoms with E-state index >= 15 is 0 Å². The molecule has 1 aromatic heterocycles. The van der Waals surface area contributed by atoms with Crippen LogP contribution in [0.3, 0.4) is 0 Å². The van der Waals surface area contributed by atoms with Crippen LogP contribution in [0.15, 0.2) is 30.5 Å². The van der Waals surface area contributed by atoms with Crippen molar-refractivity contribution in [2.45, 2.75) is 50.0 Å². The zero-order valence-corrected chi connectivity index (χ0v) is 19.3. The van der Waals surface area contributed by atoms with Crippen LogP contribution < -0.4 is 21.7 Å². The Kier molecular flexibility index (Phi) is 9.90. The van der Waals surface area contributed by atoms with Gasteiger partial charge in [0.15, 0.2) is 0 Å². The monoisotopic (exact) mass is 507 g/mol. The number of aromatic amines is 1. The summed E-state index contributed by atoms with van der Waals surface area (Å²) in [5.74, 6) is -5.96. The summed E-state index contributed by atoms with van der Waals surface area (Å²) < 4.78 is 0. The molecule has 5 unspecified atom stereocenters. The minimum Gasteiger partial charge on any atom is -0.481 e. The van der Waals surface area contributed by atoms with Gasteiger partial charge < -0.3 is 47.1 Å². The van der Waals surface area contributed by atoms with Crippen LogP contribution in [0, 0.1) is 0 Å². The fraction of sp³-hybridized carbons (Fsp3) is 0.409. The van der Waals surface area contributed by atoms with E-state index in [0.717, 1.165) is 10.9 Å². The predicted molar refractivity (Wildman–Crippen MR) is 124 cm³/mol. The Morgan fingerprint density at radius 2 is 1.61 bits per heavy atom. The number of carbonyl (C=O) groups excluding carboxylic acids is 3. The van der Waals surface area contributed by atoms with Crippen LogP contribution in [-0.2, 0) is 30.4 Å². The lowest BCUT2D eigenvalue weighted by Crippen LogP contribution is -2.60. The van der Waals surface area contributed by atoms with E-state index in [1.54, 1.807) is 30.5 Å². The summed E-state index contributed by atoms with van der Waals surface area (Å²) >= 11 is 0. The standard InChI is InChI=1S/C22H29N5O9/c1-10(29)18(27-19(32)13(23)9-28)21(34)25-15(20(33)26-16(22(35)36)7-17(30)31)6-11-8-24-14-5-3-2-4-12(11)14/h2-5,8,10,13,15-16,18,24,28-29H,6-7,9,23H2,1H3,(H,25,34)(H,26,33)(H,27,32)(H,30,31)(H,35,36). The number of aromatic nitrogens is 1. The minimum absolute atomic E-state index is 0.141. The van der Waals surface area contributed by atoms with Gasteiger partial charge in [0.2, 0.25) is 17.7 Å². The van der Waals surface area contributed by atoms with Crippen molar-refractivity contribution in [3.63, 3.8) is 0 Å². The minimum atomic E-state index is -1.77. The summed E-state index contributed by atoms with van der Waals surface area (Å²) in [7, 11) is 0. The molecular weight excluding hydrogens is 478 g/mol. The number of amides is 3. The molecule has 1 heterocycles. The molecule has 3 amide bonds. The summed E-state index contributed by atoms with van der Waals surface area (Å²) in [6, 6.07) is 0.957. The molecule has 196 valence electrons. The second-order valence-electron chi connectivity index (χ2n) is 8.14. The quantitative estimate of drug-likeness (QED) is 0.137. The van der Waals surface area contributed by atoms with Crippen molar-refractivity contribution in [3.8, 4) is 0 Å². The molecule has 14 heteroatoms. The smallest absolute Gasteiger partial charge is 0.326 e. The van der Waals surface area contributed by atoms with Gasteiger partial charge >= 0.3 is 11.9 Å². The average Bonchev–Trinajstić information content (AvgIpc) is 3.22. The summed E-state index contributed by atoms with van der Waals surface area (Å²) in [5.41, 5.74) is 6.75. The molecular formula is C22H29N5O9. The molecule has 2 rings (SSSR count). The van der Waals surface area contributed by atoms with Gasteiger partial charge in [-0.05, 0) is 18.6 Å². The van der Waals surface area contributed by atoms with Gasteiger partial charge in [-0.1, -0.05) is 18.2 Å². The molecule has 0 radical (unpaired) electrons. The SMILES string of the molecule is CC(O)C(NC(=O)C(N)CO)C(=O)NC(Cc1c[nH]c2ccccc12)C(=O)NC(CC(=O)O)C(=O)O. The number of aliphatic carboxylic acids is 2.